The molecular weight excluding hydrogens is 406 g/mol. The zero-order chi connectivity index (χ0) is 19.1. The number of carbonyl (C=O) groups is 1. The first-order chi connectivity index (χ1) is 12.1. The molecule has 1 aromatic heterocycles. The SMILES string of the molecule is Cc1ccc(S(=O)(=O)N2CCCC(C(=O)N3CCC(N)C(C)(C)C3)C2)s1.Cl. The van der Waals surface area contributed by atoms with E-state index in [1.165, 1.54) is 15.6 Å². The Labute approximate surface area is 172 Å². The van der Waals surface area contributed by atoms with Gasteiger partial charge in [0.2, 0.25) is 5.91 Å². The van der Waals surface area contributed by atoms with Crippen LogP contribution in [0, 0.1) is 18.3 Å². The van der Waals surface area contributed by atoms with Gasteiger partial charge in [-0.15, -0.1) is 23.7 Å². The highest BCUT2D eigenvalue weighted by molar-refractivity contribution is 7.91. The summed E-state index contributed by atoms with van der Waals surface area (Å²) in [6.07, 6.45) is 2.26. The van der Waals surface area contributed by atoms with Gasteiger partial charge >= 0.3 is 0 Å². The molecule has 3 heterocycles. The van der Waals surface area contributed by atoms with E-state index in [4.69, 9.17) is 5.73 Å². The molecule has 1 amide bonds. The Balaban J connectivity index is 0.00000261. The molecule has 2 atom stereocenters. The van der Waals surface area contributed by atoms with Crippen LogP contribution in [0.5, 0.6) is 0 Å². The van der Waals surface area contributed by atoms with Gasteiger partial charge in [-0.05, 0) is 43.7 Å². The number of halogens is 1. The summed E-state index contributed by atoms with van der Waals surface area (Å²) >= 11 is 1.29. The number of piperidine rings is 2. The lowest BCUT2D eigenvalue weighted by Crippen LogP contribution is -2.56. The first-order valence-electron chi connectivity index (χ1n) is 9.22. The molecule has 2 saturated heterocycles. The van der Waals surface area contributed by atoms with Crippen molar-refractivity contribution in [2.45, 2.75) is 50.3 Å². The normalized spacial score (nSPS) is 26.4. The number of hydrogen-bond donors (Lipinski definition) is 1. The topological polar surface area (TPSA) is 83.7 Å². The second-order valence-corrected chi connectivity index (χ2v) is 11.7. The van der Waals surface area contributed by atoms with Gasteiger partial charge in [0, 0.05) is 37.1 Å². The van der Waals surface area contributed by atoms with E-state index < -0.39 is 10.0 Å². The van der Waals surface area contributed by atoms with Gasteiger partial charge in [0.1, 0.15) is 4.21 Å². The van der Waals surface area contributed by atoms with Crippen LogP contribution in [-0.2, 0) is 14.8 Å². The third kappa shape index (κ3) is 4.67. The summed E-state index contributed by atoms with van der Waals surface area (Å²) in [5.41, 5.74) is 6.07. The smallest absolute Gasteiger partial charge is 0.252 e. The standard InChI is InChI=1S/C18H29N3O3S2.ClH/c1-13-6-7-16(25-13)26(23,24)21-9-4-5-14(11-21)17(22)20-10-8-15(19)18(2,3)12-20;/h6-7,14-15H,4-5,8-12,19H2,1-3H3;1H. The van der Waals surface area contributed by atoms with Gasteiger partial charge in [-0.3, -0.25) is 4.79 Å². The molecule has 3 rings (SSSR count). The van der Waals surface area contributed by atoms with Crippen LogP contribution in [0.1, 0.15) is 38.0 Å². The number of nitrogens with two attached hydrogens (primary N) is 1. The predicted octanol–water partition coefficient (Wildman–Crippen LogP) is 2.46. The van der Waals surface area contributed by atoms with Gasteiger partial charge in [-0.25, -0.2) is 8.42 Å². The number of likely N-dealkylation sites (tertiary alicyclic amines) is 1. The van der Waals surface area contributed by atoms with Gasteiger partial charge in [-0.2, -0.15) is 4.31 Å². The fraction of sp³-hybridized carbons (Fsp3) is 0.722. The molecule has 0 spiro atoms. The molecular formula is C18H30ClN3O3S2. The second-order valence-electron chi connectivity index (χ2n) is 8.21. The molecule has 0 aromatic carbocycles. The van der Waals surface area contributed by atoms with Crippen LogP contribution in [0.4, 0.5) is 0 Å². The number of aryl methyl sites for hydroxylation is 1. The first-order valence-corrected chi connectivity index (χ1v) is 11.5. The summed E-state index contributed by atoms with van der Waals surface area (Å²) in [5, 5.41) is 0. The second kappa shape index (κ2) is 8.37. The highest BCUT2D eigenvalue weighted by atomic mass is 35.5. The van der Waals surface area contributed by atoms with Crippen LogP contribution in [0.2, 0.25) is 0 Å². The average Bonchev–Trinajstić information content (AvgIpc) is 3.04. The summed E-state index contributed by atoms with van der Waals surface area (Å²) in [5.74, 6) is -0.183. The minimum Gasteiger partial charge on any atom is -0.342 e. The molecule has 9 heteroatoms. The van der Waals surface area contributed by atoms with Gasteiger partial charge in [0.05, 0.1) is 5.92 Å². The molecule has 0 radical (unpaired) electrons. The highest BCUT2D eigenvalue weighted by Crippen LogP contribution is 2.32. The van der Waals surface area contributed by atoms with Crippen LogP contribution in [-0.4, -0.2) is 55.8 Å². The van der Waals surface area contributed by atoms with Crippen molar-refractivity contribution in [3.8, 4) is 0 Å². The van der Waals surface area contributed by atoms with E-state index in [-0.39, 0.29) is 42.2 Å². The van der Waals surface area contributed by atoms with E-state index in [1.54, 1.807) is 6.07 Å². The lowest BCUT2D eigenvalue weighted by Gasteiger charge is -2.44. The minimum absolute atomic E-state index is 0. The van der Waals surface area contributed by atoms with Gasteiger partial charge < -0.3 is 10.6 Å². The Morgan fingerprint density at radius 2 is 1.96 bits per heavy atom. The van der Waals surface area contributed by atoms with E-state index in [0.29, 0.717) is 23.8 Å². The molecule has 0 saturated carbocycles. The van der Waals surface area contributed by atoms with Crippen LogP contribution >= 0.6 is 23.7 Å². The summed E-state index contributed by atoms with van der Waals surface area (Å²) in [4.78, 5) is 15.9. The van der Waals surface area contributed by atoms with E-state index in [9.17, 15) is 13.2 Å². The first kappa shape index (κ1) is 22.6. The summed E-state index contributed by atoms with van der Waals surface area (Å²) in [6, 6.07) is 3.58. The molecule has 2 N–H and O–H groups in total. The molecule has 0 aliphatic carbocycles. The number of thiophene rings is 1. The van der Waals surface area contributed by atoms with E-state index in [0.717, 1.165) is 24.1 Å². The Morgan fingerprint density at radius 1 is 1.26 bits per heavy atom. The lowest BCUT2D eigenvalue weighted by molar-refractivity contribution is -0.140. The third-order valence-electron chi connectivity index (χ3n) is 5.67. The Bertz CT molecular complexity index is 779. The van der Waals surface area contributed by atoms with Crippen molar-refractivity contribution < 1.29 is 13.2 Å². The van der Waals surface area contributed by atoms with Crippen LogP contribution in [0.3, 0.4) is 0 Å². The third-order valence-corrected chi connectivity index (χ3v) is 9.00. The maximum absolute atomic E-state index is 13.0. The zero-order valence-electron chi connectivity index (χ0n) is 16.2. The number of rotatable bonds is 3. The van der Waals surface area contributed by atoms with Crippen molar-refractivity contribution in [3.05, 3.63) is 17.0 Å². The fourth-order valence-electron chi connectivity index (χ4n) is 3.86. The van der Waals surface area contributed by atoms with E-state index in [1.807, 2.05) is 17.9 Å². The molecule has 2 fully saturated rings. The number of amides is 1. The Kier molecular flexibility index (Phi) is 7.01. The number of sulfonamides is 1. The van der Waals surface area contributed by atoms with Crippen molar-refractivity contribution in [3.63, 3.8) is 0 Å². The fourth-order valence-corrected chi connectivity index (χ4v) is 6.82. The molecule has 6 nitrogen and oxygen atoms in total. The van der Waals surface area contributed by atoms with Crippen LogP contribution < -0.4 is 5.73 Å². The number of carbonyl (C=O) groups excluding carboxylic acids is 1. The van der Waals surface area contributed by atoms with Crippen molar-refractivity contribution in [1.82, 2.24) is 9.21 Å². The number of hydrogen-bond acceptors (Lipinski definition) is 5. The van der Waals surface area contributed by atoms with Crippen molar-refractivity contribution in [1.29, 1.82) is 0 Å². The van der Waals surface area contributed by atoms with Crippen LogP contribution in [0.15, 0.2) is 16.3 Å². The maximum atomic E-state index is 13.0. The molecule has 2 unspecified atom stereocenters. The van der Waals surface area contributed by atoms with Crippen molar-refractivity contribution >= 4 is 39.7 Å². The summed E-state index contributed by atoms with van der Waals surface area (Å²) < 4.78 is 27.6. The van der Waals surface area contributed by atoms with Gasteiger partial charge in [-0.1, -0.05) is 13.8 Å². The highest BCUT2D eigenvalue weighted by Gasteiger charge is 2.40. The van der Waals surface area contributed by atoms with Gasteiger partial charge in [0.25, 0.3) is 10.0 Å². The summed E-state index contributed by atoms with van der Waals surface area (Å²) in [7, 11) is -3.51. The Morgan fingerprint density at radius 3 is 2.56 bits per heavy atom. The summed E-state index contributed by atoms with van der Waals surface area (Å²) in [6.45, 7) is 8.15. The van der Waals surface area contributed by atoms with Crippen molar-refractivity contribution in [2.24, 2.45) is 17.1 Å². The maximum Gasteiger partial charge on any atom is 0.252 e. The van der Waals surface area contributed by atoms with E-state index >= 15 is 0 Å². The largest absolute Gasteiger partial charge is 0.342 e. The quantitative estimate of drug-likeness (QED) is 0.790. The van der Waals surface area contributed by atoms with Gasteiger partial charge in [0.15, 0.2) is 0 Å². The molecule has 0 bridgehead atoms. The predicted molar refractivity (Wildman–Crippen MR) is 111 cm³/mol. The average molecular weight is 436 g/mol. The monoisotopic (exact) mass is 435 g/mol. The molecule has 2 aliphatic rings. The molecule has 1 aromatic rings. The van der Waals surface area contributed by atoms with Crippen LogP contribution in [0.25, 0.3) is 0 Å². The Hall–Kier alpha value is -0.670. The molecule has 2 aliphatic heterocycles. The number of nitrogens with zero attached hydrogens (tertiary/aromatic N) is 2. The van der Waals surface area contributed by atoms with E-state index in [2.05, 4.69) is 13.8 Å². The van der Waals surface area contributed by atoms with Crippen molar-refractivity contribution in [2.75, 3.05) is 26.2 Å². The molecule has 27 heavy (non-hydrogen) atoms. The zero-order valence-corrected chi connectivity index (χ0v) is 18.6. The minimum atomic E-state index is -3.51. The molecule has 154 valence electrons. The lowest BCUT2D eigenvalue weighted by atomic mass is 9.79.